The van der Waals surface area contributed by atoms with Crippen LogP contribution in [0.3, 0.4) is 0 Å². The summed E-state index contributed by atoms with van der Waals surface area (Å²) in [4.78, 5) is 9.34. The van der Waals surface area contributed by atoms with Crippen molar-refractivity contribution in [3.05, 3.63) is 394 Å². The van der Waals surface area contributed by atoms with Crippen LogP contribution < -0.4 is 19.6 Å². The van der Waals surface area contributed by atoms with Gasteiger partial charge in [0.05, 0.1) is 0 Å². The minimum atomic E-state index is 1.03. The Hall–Kier alpha value is -12.2. The van der Waals surface area contributed by atoms with Gasteiger partial charge in [-0.25, -0.2) is 0 Å². The first-order valence-electron chi connectivity index (χ1n) is 32.4. The molecule has 448 valence electrons. The Balaban J connectivity index is 0.627. The molecule has 0 aliphatic heterocycles. The topological polar surface area (TPSA) is 13.0 Å². The van der Waals surface area contributed by atoms with Crippen LogP contribution in [0.4, 0.5) is 62.6 Å². The molecule has 4 heteroatoms. The van der Waals surface area contributed by atoms with Crippen molar-refractivity contribution in [3.8, 4) is 66.8 Å². The highest BCUT2D eigenvalue weighted by Gasteiger charge is 2.19. The molecule has 1 aliphatic rings. The molecule has 15 rings (SSSR count). The van der Waals surface area contributed by atoms with Crippen molar-refractivity contribution in [3.63, 3.8) is 0 Å². The van der Waals surface area contributed by atoms with E-state index < -0.39 is 0 Å². The number of hydrogen-bond donors (Lipinski definition) is 0. The number of para-hydroxylation sites is 3. The van der Waals surface area contributed by atoms with E-state index in [0.717, 1.165) is 109 Å². The molecule has 14 aromatic rings. The summed E-state index contributed by atoms with van der Waals surface area (Å²) in [6.45, 7) is 0. The van der Waals surface area contributed by atoms with Crippen LogP contribution in [0, 0.1) is 0 Å². The van der Waals surface area contributed by atoms with Gasteiger partial charge in [-0.2, -0.15) is 0 Å². The molecule has 0 saturated carbocycles. The number of nitrogens with zero attached hydrogens (tertiary/aromatic N) is 4. The van der Waals surface area contributed by atoms with Crippen molar-refractivity contribution >= 4 is 62.6 Å². The summed E-state index contributed by atoms with van der Waals surface area (Å²) in [7, 11) is 0. The molecule has 4 nitrogen and oxygen atoms in total. The van der Waals surface area contributed by atoms with Gasteiger partial charge in [-0.3, -0.25) is 0 Å². The summed E-state index contributed by atoms with van der Waals surface area (Å²) < 4.78 is 0. The van der Waals surface area contributed by atoms with E-state index in [-0.39, 0.29) is 0 Å². The van der Waals surface area contributed by atoms with E-state index in [1.165, 1.54) is 39.1 Å². The van der Waals surface area contributed by atoms with E-state index in [9.17, 15) is 0 Å². The highest BCUT2D eigenvalue weighted by Crippen LogP contribution is 2.42. The fraction of sp³-hybridized carbons (Fsp3) is 0.0222. The number of benzene rings is 14. The highest BCUT2D eigenvalue weighted by atomic mass is 15.2. The molecule has 1 aliphatic carbocycles. The van der Waals surface area contributed by atoms with E-state index in [1.807, 2.05) is 0 Å². The van der Waals surface area contributed by atoms with Gasteiger partial charge in [-0.1, -0.05) is 249 Å². The summed E-state index contributed by atoms with van der Waals surface area (Å²) in [5.74, 6) is 0. The largest absolute Gasteiger partial charge is 0.311 e. The lowest BCUT2D eigenvalue weighted by Gasteiger charge is -2.28. The number of rotatable bonds is 18. The van der Waals surface area contributed by atoms with E-state index in [1.54, 1.807) is 0 Å². The van der Waals surface area contributed by atoms with Crippen LogP contribution in [0.2, 0.25) is 0 Å². The fourth-order valence-electron chi connectivity index (χ4n) is 12.8. The molecule has 0 spiro atoms. The maximum atomic E-state index is 2.37. The van der Waals surface area contributed by atoms with Crippen molar-refractivity contribution in [1.29, 1.82) is 0 Å². The second kappa shape index (κ2) is 27.1. The quantitative estimate of drug-likeness (QED) is 0.0849. The van der Waals surface area contributed by atoms with Crippen LogP contribution in [0.1, 0.15) is 12.8 Å². The van der Waals surface area contributed by atoms with Gasteiger partial charge in [-0.05, 0) is 219 Å². The van der Waals surface area contributed by atoms with Gasteiger partial charge < -0.3 is 19.6 Å². The standard InChI is InChI=1S/C90H68N4/c1-7-19-67(20-8-1)71-35-51-83(52-36-71)91(79-23-11-3-12-24-79)87-59-43-75(44-60-87)77-47-63-89(64-48-77)93(81-27-15-5-16-28-81)85-55-39-73(40-56-85)69-31-33-70(34-32-69)74-41-57-86(58-42-74)94(82-29-17-6-18-30-82)90-65-49-78(50-66-90)76-45-61-88(62-46-76)92(80-25-13-4-14-26-80)84-53-37-72(38-54-84)68-21-9-2-10-22-68/h1-3,5-13,15-66H,4,14H2. The van der Waals surface area contributed by atoms with Gasteiger partial charge in [0, 0.05) is 68.3 Å². The monoisotopic (exact) mass is 1200 g/mol. The summed E-state index contributed by atoms with van der Waals surface area (Å²) in [5.41, 5.74) is 27.4. The molecule has 0 unspecified atom stereocenters. The fourth-order valence-corrected chi connectivity index (χ4v) is 12.8. The summed E-state index contributed by atoms with van der Waals surface area (Å²) in [6.07, 6.45) is 8.97. The van der Waals surface area contributed by atoms with E-state index in [4.69, 9.17) is 0 Å². The van der Waals surface area contributed by atoms with Crippen molar-refractivity contribution in [2.75, 3.05) is 19.6 Å². The summed E-state index contributed by atoms with van der Waals surface area (Å²) >= 11 is 0. The van der Waals surface area contributed by atoms with Crippen LogP contribution in [0.25, 0.3) is 66.8 Å². The summed E-state index contributed by atoms with van der Waals surface area (Å²) in [6, 6.07) is 133. The molecule has 0 aromatic heterocycles. The van der Waals surface area contributed by atoms with Crippen molar-refractivity contribution < 1.29 is 0 Å². The molecule has 0 saturated heterocycles. The van der Waals surface area contributed by atoms with Crippen LogP contribution in [0.15, 0.2) is 394 Å². The lowest BCUT2D eigenvalue weighted by molar-refractivity contribution is 0.997. The van der Waals surface area contributed by atoms with Gasteiger partial charge in [-0.15, -0.1) is 0 Å². The van der Waals surface area contributed by atoms with Crippen molar-refractivity contribution in [2.24, 2.45) is 0 Å². The number of allylic oxidation sites excluding steroid dienone is 3. The predicted octanol–water partition coefficient (Wildman–Crippen LogP) is 25.5. The van der Waals surface area contributed by atoms with Crippen molar-refractivity contribution in [2.45, 2.75) is 12.8 Å². The third-order valence-electron chi connectivity index (χ3n) is 17.7. The van der Waals surface area contributed by atoms with Gasteiger partial charge in [0.25, 0.3) is 0 Å². The number of anilines is 11. The van der Waals surface area contributed by atoms with Gasteiger partial charge in [0.1, 0.15) is 0 Å². The Morgan fingerprint density at radius 1 is 0.149 bits per heavy atom. The number of hydrogen-bond acceptors (Lipinski definition) is 4. The second-order valence-corrected chi connectivity index (χ2v) is 23.6. The Kier molecular flexibility index (Phi) is 16.7. The molecule has 0 heterocycles. The Labute approximate surface area is 552 Å². The lowest BCUT2D eigenvalue weighted by Crippen LogP contribution is -2.16. The maximum absolute atomic E-state index is 2.37. The van der Waals surface area contributed by atoms with Gasteiger partial charge in [0.2, 0.25) is 0 Å². The first kappa shape index (κ1) is 58.2. The molecule has 14 aromatic carbocycles. The maximum Gasteiger partial charge on any atom is 0.0462 e. The van der Waals surface area contributed by atoms with E-state index in [2.05, 4.69) is 408 Å². The normalized spacial score (nSPS) is 11.8. The summed E-state index contributed by atoms with van der Waals surface area (Å²) in [5, 5.41) is 0. The van der Waals surface area contributed by atoms with Gasteiger partial charge >= 0.3 is 0 Å². The molecule has 0 N–H and O–H groups in total. The smallest absolute Gasteiger partial charge is 0.0462 e. The van der Waals surface area contributed by atoms with Crippen LogP contribution in [-0.2, 0) is 0 Å². The minimum Gasteiger partial charge on any atom is -0.311 e. The molecule has 94 heavy (non-hydrogen) atoms. The minimum absolute atomic E-state index is 1.03. The average molecular weight is 1210 g/mol. The second-order valence-electron chi connectivity index (χ2n) is 23.6. The average Bonchev–Trinajstić information content (AvgIpc) is 1.26. The molecular weight excluding hydrogens is 1140 g/mol. The van der Waals surface area contributed by atoms with E-state index in [0.29, 0.717) is 0 Å². The lowest BCUT2D eigenvalue weighted by atomic mass is 9.99. The van der Waals surface area contributed by atoms with Gasteiger partial charge in [0.15, 0.2) is 0 Å². The first-order chi connectivity index (χ1) is 46.6. The highest BCUT2D eigenvalue weighted by molar-refractivity contribution is 5.85. The molecule has 0 amide bonds. The zero-order valence-electron chi connectivity index (χ0n) is 52.2. The SMILES string of the molecule is C1=CC(N(c2ccc(-c3ccccc3)cc2)c2ccc(-c3ccc(N(c4ccccc4)c4ccc(-c5ccc(-c6ccc(N(c7ccccc7)c7ccc(-c8ccc(N(c9ccccc9)c9ccc(-c%10ccccc%10)cc9)cc8)cc7)cc6)cc5)cc4)cc3)cc2)=CCC1. The van der Waals surface area contributed by atoms with Crippen LogP contribution >= 0.6 is 0 Å². The first-order valence-corrected chi connectivity index (χ1v) is 32.4. The van der Waals surface area contributed by atoms with Crippen LogP contribution in [0.5, 0.6) is 0 Å². The Morgan fingerprint density at radius 2 is 0.319 bits per heavy atom. The van der Waals surface area contributed by atoms with E-state index >= 15 is 0 Å². The Bertz CT molecular complexity index is 4830. The third kappa shape index (κ3) is 12.7. The molecule has 0 radical (unpaired) electrons. The zero-order chi connectivity index (χ0) is 62.8. The Morgan fingerprint density at radius 3 is 0.521 bits per heavy atom. The van der Waals surface area contributed by atoms with Crippen LogP contribution in [-0.4, -0.2) is 0 Å². The molecule has 0 atom stereocenters. The predicted molar refractivity (Wildman–Crippen MR) is 398 cm³/mol. The molecular formula is C90H68N4. The zero-order valence-corrected chi connectivity index (χ0v) is 52.2. The molecule has 0 fully saturated rings. The third-order valence-corrected chi connectivity index (χ3v) is 17.7. The molecule has 0 bridgehead atoms. The van der Waals surface area contributed by atoms with Crippen molar-refractivity contribution in [1.82, 2.24) is 0 Å².